The van der Waals surface area contributed by atoms with Gasteiger partial charge in [0, 0.05) is 6.42 Å². The number of ketones is 1. The Morgan fingerprint density at radius 3 is 2.21 bits per heavy atom. The third-order valence-electron chi connectivity index (χ3n) is 13.1. The topological polar surface area (TPSA) is 75.6 Å². The molecule has 0 aromatic heterocycles. The Balaban J connectivity index is 1.57. The van der Waals surface area contributed by atoms with Crippen LogP contribution in [0.3, 0.4) is 0 Å². The van der Waals surface area contributed by atoms with Gasteiger partial charge in [0.15, 0.2) is 5.78 Å². The van der Waals surface area contributed by atoms with E-state index in [9.17, 15) is 14.7 Å². The van der Waals surface area contributed by atoms with Gasteiger partial charge in [0.05, 0.1) is 17.7 Å². The van der Waals surface area contributed by atoms with Gasteiger partial charge in [0.1, 0.15) is 0 Å². The van der Waals surface area contributed by atoms with Gasteiger partial charge in [0.2, 0.25) is 0 Å². The van der Waals surface area contributed by atoms with Gasteiger partial charge in [-0.1, -0.05) is 48.5 Å². The molecule has 1 amide bonds. The van der Waals surface area contributed by atoms with Crippen LogP contribution in [0.2, 0.25) is 0 Å². The number of fused-ring (bicyclic) bond motifs is 7. The number of carbonyl (C=O) groups excluding carboxylic acids is 2. The molecule has 0 aliphatic heterocycles. The summed E-state index contributed by atoms with van der Waals surface area (Å²) >= 11 is 0. The molecule has 5 aliphatic carbocycles. The van der Waals surface area contributed by atoms with E-state index >= 15 is 0 Å². The Morgan fingerprint density at radius 1 is 0.895 bits per heavy atom. The summed E-state index contributed by atoms with van der Waals surface area (Å²) in [5, 5.41) is 14.2. The normalized spacial score (nSPS) is 45.8. The third kappa shape index (κ3) is 3.65. The van der Waals surface area contributed by atoms with Gasteiger partial charge in [-0.15, -0.1) is 0 Å². The maximum Gasteiger partial charge on any atom is 0.408 e. The molecule has 0 spiro atoms. The number of aliphatic hydroxyl groups is 1. The van der Waals surface area contributed by atoms with Gasteiger partial charge >= 0.3 is 6.09 Å². The van der Waals surface area contributed by atoms with Crippen LogP contribution in [-0.2, 0) is 9.53 Å². The van der Waals surface area contributed by atoms with Gasteiger partial charge in [0.25, 0.3) is 0 Å². The molecule has 0 unspecified atom stereocenters. The smallest absolute Gasteiger partial charge is 0.408 e. The van der Waals surface area contributed by atoms with Crippen LogP contribution in [0, 0.1) is 45.3 Å². The molecule has 4 saturated carbocycles. The number of nitrogens with one attached hydrogen (secondary N) is 1. The molecule has 0 aromatic carbocycles. The van der Waals surface area contributed by atoms with Crippen LogP contribution in [0.5, 0.6) is 0 Å². The fraction of sp³-hybridized carbons (Fsp3) is 0.879. The molecular formula is C33H53NO4. The number of hydrogen-bond donors (Lipinski definition) is 2. The Morgan fingerprint density at radius 2 is 1.58 bits per heavy atom. The molecule has 5 aliphatic rings. The lowest BCUT2D eigenvalue weighted by atomic mass is 9.33. The molecule has 2 N–H and O–H groups in total. The van der Waals surface area contributed by atoms with E-state index in [-0.39, 0.29) is 45.6 Å². The molecule has 0 heterocycles. The standard InChI is InChI=1S/C33H53NO4/c1-19(2)26-22(35)18-33(34-28(37)38-20(3)4)17-16-31(8)21(27(26)33)10-11-24-30(7)14-13-25(36)29(5,6)23(30)12-15-32(24,31)9/h19-21,23-25,36H,10-18H2,1-9H3,(H,34,37)/t21-,23+,24-,25+,30+,31-,32-,33-/m1/s1. The molecular weight excluding hydrogens is 474 g/mol. The number of Topliss-reactive ketones (excluding diaryl/α,β-unsaturated/α-hetero) is 1. The van der Waals surface area contributed by atoms with Crippen LogP contribution < -0.4 is 5.32 Å². The fourth-order valence-corrected chi connectivity index (χ4v) is 11.2. The first-order chi connectivity index (χ1) is 17.5. The zero-order valence-electron chi connectivity index (χ0n) is 25.5. The minimum Gasteiger partial charge on any atom is -0.447 e. The predicted molar refractivity (Wildman–Crippen MR) is 150 cm³/mol. The highest BCUT2D eigenvalue weighted by molar-refractivity contribution is 6.02. The van der Waals surface area contributed by atoms with Gasteiger partial charge in [-0.2, -0.15) is 0 Å². The van der Waals surface area contributed by atoms with E-state index in [4.69, 9.17) is 4.74 Å². The molecule has 0 bridgehead atoms. The molecule has 0 saturated heterocycles. The van der Waals surface area contributed by atoms with Crippen LogP contribution in [0.15, 0.2) is 11.1 Å². The first kappa shape index (κ1) is 28.2. The van der Waals surface area contributed by atoms with Crippen molar-refractivity contribution in [3.05, 3.63) is 11.1 Å². The molecule has 5 heteroatoms. The SMILES string of the molecule is CC(C)OC(=O)N[C@@]12CC[C@]3(C)[C@H](CC[C@@H]4[C@@]5(C)CC[C@H](O)C(C)(C)[C@@H]5CC[C@]43C)C1=C(C(C)C)C(=O)C2. The number of carbonyl (C=O) groups is 2. The summed E-state index contributed by atoms with van der Waals surface area (Å²) in [4.78, 5) is 26.6. The van der Waals surface area contributed by atoms with E-state index in [1.165, 1.54) is 12.0 Å². The number of amides is 1. The Bertz CT molecular complexity index is 1040. The first-order valence-electron chi connectivity index (χ1n) is 15.5. The number of allylic oxidation sites excluding steroid dienone is 1. The predicted octanol–water partition coefficient (Wildman–Crippen LogP) is 7.22. The zero-order chi connectivity index (χ0) is 28.1. The largest absolute Gasteiger partial charge is 0.447 e. The molecule has 0 aromatic rings. The van der Waals surface area contributed by atoms with Gasteiger partial charge in [-0.3, -0.25) is 4.79 Å². The van der Waals surface area contributed by atoms with Crippen molar-refractivity contribution < 1.29 is 19.4 Å². The van der Waals surface area contributed by atoms with Gasteiger partial charge < -0.3 is 15.2 Å². The van der Waals surface area contributed by atoms with Crippen molar-refractivity contribution >= 4 is 11.9 Å². The van der Waals surface area contributed by atoms with Crippen molar-refractivity contribution in [2.45, 2.75) is 138 Å². The quantitative estimate of drug-likeness (QED) is 0.406. The molecule has 4 fully saturated rings. The summed E-state index contributed by atoms with van der Waals surface area (Å²) in [5.41, 5.74) is 2.02. The Kier molecular flexibility index (Phi) is 6.54. The van der Waals surface area contributed by atoms with Crippen LogP contribution in [-0.4, -0.2) is 34.7 Å². The average Bonchev–Trinajstić information content (AvgIpc) is 3.08. The number of ether oxygens (including phenoxy) is 1. The monoisotopic (exact) mass is 527 g/mol. The summed E-state index contributed by atoms with van der Waals surface area (Å²) in [6.45, 7) is 20.3. The second-order valence-electron chi connectivity index (χ2n) is 15.7. The van der Waals surface area contributed by atoms with E-state index in [0.717, 1.165) is 50.5 Å². The number of hydrogen-bond acceptors (Lipinski definition) is 4. The van der Waals surface area contributed by atoms with E-state index in [1.807, 2.05) is 13.8 Å². The minimum absolute atomic E-state index is 0.0558. The Hall–Kier alpha value is -1.36. The number of alkyl carbamates (subject to hydrolysis) is 1. The molecule has 8 atom stereocenters. The van der Waals surface area contributed by atoms with Crippen molar-refractivity contribution in [1.82, 2.24) is 5.32 Å². The maximum absolute atomic E-state index is 13.6. The summed E-state index contributed by atoms with van der Waals surface area (Å²) in [7, 11) is 0. The van der Waals surface area contributed by atoms with Gasteiger partial charge in [-0.25, -0.2) is 4.79 Å². The molecule has 5 rings (SSSR count). The van der Waals surface area contributed by atoms with E-state index in [1.54, 1.807) is 0 Å². The lowest BCUT2D eigenvalue weighted by Gasteiger charge is -2.72. The zero-order valence-corrected chi connectivity index (χ0v) is 25.5. The van der Waals surface area contributed by atoms with Crippen LogP contribution in [0.25, 0.3) is 0 Å². The van der Waals surface area contributed by atoms with Crippen molar-refractivity contribution in [3.63, 3.8) is 0 Å². The number of rotatable bonds is 3. The highest BCUT2D eigenvalue weighted by Gasteiger charge is 2.70. The average molecular weight is 528 g/mol. The third-order valence-corrected chi connectivity index (χ3v) is 13.1. The molecule has 5 nitrogen and oxygen atoms in total. The maximum atomic E-state index is 13.6. The highest BCUT2D eigenvalue weighted by Crippen LogP contribution is 2.75. The minimum atomic E-state index is -0.603. The number of aliphatic hydroxyl groups excluding tert-OH is 1. The van der Waals surface area contributed by atoms with Crippen molar-refractivity contribution in [1.29, 1.82) is 0 Å². The van der Waals surface area contributed by atoms with Crippen LogP contribution in [0.4, 0.5) is 4.79 Å². The van der Waals surface area contributed by atoms with Crippen molar-refractivity contribution in [2.24, 2.45) is 45.3 Å². The second kappa shape index (κ2) is 8.82. The summed E-state index contributed by atoms with van der Waals surface area (Å²) < 4.78 is 5.55. The van der Waals surface area contributed by atoms with E-state index < -0.39 is 11.6 Å². The van der Waals surface area contributed by atoms with Crippen molar-refractivity contribution in [3.8, 4) is 0 Å². The lowest BCUT2D eigenvalue weighted by Crippen LogP contribution is -2.67. The summed E-state index contributed by atoms with van der Waals surface area (Å²) in [5.74, 6) is 1.79. The summed E-state index contributed by atoms with van der Waals surface area (Å²) in [6.07, 6.45) is 7.96. The second-order valence-corrected chi connectivity index (χ2v) is 15.7. The Labute approximate surface area is 230 Å². The summed E-state index contributed by atoms with van der Waals surface area (Å²) in [6, 6.07) is 0. The van der Waals surface area contributed by atoms with Crippen LogP contribution >= 0.6 is 0 Å². The molecule has 38 heavy (non-hydrogen) atoms. The van der Waals surface area contributed by atoms with Gasteiger partial charge in [-0.05, 0) is 122 Å². The fourth-order valence-electron chi connectivity index (χ4n) is 11.2. The molecule has 0 radical (unpaired) electrons. The van der Waals surface area contributed by atoms with Crippen LogP contribution in [0.1, 0.15) is 120 Å². The van der Waals surface area contributed by atoms with E-state index in [2.05, 4.69) is 53.8 Å². The van der Waals surface area contributed by atoms with Crippen molar-refractivity contribution in [2.75, 3.05) is 0 Å². The first-order valence-corrected chi connectivity index (χ1v) is 15.5. The van der Waals surface area contributed by atoms with E-state index in [0.29, 0.717) is 24.2 Å². The highest BCUT2D eigenvalue weighted by atomic mass is 16.6. The lowest BCUT2D eigenvalue weighted by molar-refractivity contribution is -0.226. The molecule has 214 valence electrons.